The summed E-state index contributed by atoms with van der Waals surface area (Å²) in [6.45, 7) is 6.20. The molecule has 0 aromatic heterocycles. The molecule has 0 N–H and O–H groups in total. The highest BCUT2D eigenvalue weighted by atomic mass is 19.1. The summed E-state index contributed by atoms with van der Waals surface area (Å²) in [6, 6.07) is 8.98. The molecule has 25 heavy (non-hydrogen) atoms. The first kappa shape index (κ1) is 17.7. The standard InChI is InChI=1S/C22H24F2O/c1-3-5-10-25-19-9-8-16-13-18(7-6-17(16)14-19)22-20(23)11-15(4-2)12-21(22)24/h3,8-9,11-12,14,18H,1,4-7,10,13H2,2H3. The van der Waals surface area contributed by atoms with Gasteiger partial charge in [0.05, 0.1) is 6.61 Å². The number of hydrogen-bond donors (Lipinski definition) is 0. The van der Waals surface area contributed by atoms with Gasteiger partial charge in [0.15, 0.2) is 0 Å². The van der Waals surface area contributed by atoms with Crippen LogP contribution in [0.3, 0.4) is 0 Å². The van der Waals surface area contributed by atoms with Crippen LogP contribution in [0, 0.1) is 11.6 Å². The molecule has 0 aliphatic heterocycles. The maximum absolute atomic E-state index is 14.4. The fourth-order valence-electron chi connectivity index (χ4n) is 3.56. The molecule has 3 rings (SSSR count). The van der Waals surface area contributed by atoms with E-state index in [-0.39, 0.29) is 11.5 Å². The van der Waals surface area contributed by atoms with Crippen molar-refractivity contribution in [2.45, 2.75) is 44.9 Å². The summed E-state index contributed by atoms with van der Waals surface area (Å²) in [4.78, 5) is 0. The van der Waals surface area contributed by atoms with Crippen molar-refractivity contribution in [1.82, 2.24) is 0 Å². The van der Waals surface area contributed by atoms with Crippen LogP contribution in [0.25, 0.3) is 0 Å². The van der Waals surface area contributed by atoms with Gasteiger partial charge in [-0.25, -0.2) is 8.78 Å². The second-order valence-electron chi connectivity index (χ2n) is 6.62. The Labute approximate surface area is 148 Å². The van der Waals surface area contributed by atoms with E-state index in [1.54, 1.807) is 0 Å². The van der Waals surface area contributed by atoms with Gasteiger partial charge in [0, 0.05) is 5.56 Å². The van der Waals surface area contributed by atoms with E-state index in [9.17, 15) is 8.78 Å². The normalized spacial score (nSPS) is 16.4. The first-order valence-corrected chi connectivity index (χ1v) is 8.95. The molecule has 0 spiro atoms. The van der Waals surface area contributed by atoms with E-state index in [2.05, 4.69) is 12.6 Å². The van der Waals surface area contributed by atoms with Gasteiger partial charge in [0.25, 0.3) is 0 Å². The van der Waals surface area contributed by atoms with Crippen LogP contribution in [0.4, 0.5) is 8.78 Å². The number of ether oxygens (including phenoxy) is 1. The van der Waals surface area contributed by atoms with E-state index >= 15 is 0 Å². The Hall–Kier alpha value is -2.16. The smallest absolute Gasteiger partial charge is 0.129 e. The maximum Gasteiger partial charge on any atom is 0.129 e. The Morgan fingerprint density at radius 3 is 2.60 bits per heavy atom. The minimum absolute atomic E-state index is 0.106. The highest BCUT2D eigenvalue weighted by Gasteiger charge is 2.26. The van der Waals surface area contributed by atoms with Gasteiger partial charge in [0.2, 0.25) is 0 Å². The summed E-state index contributed by atoms with van der Waals surface area (Å²) in [6.07, 6.45) is 5.51. The Bertz CT molecular complexity index is 744. The van der Waals surface area contributed by atoms with Gasteiger partial charge >= 0.3 is 0 Å². The van der Waals surface area contributed by atoms with Gasteiger partial charge in [-0.3, -0.25) is 0 Å². The lowest BCUT2D eigenvalue weighted by Crippen LogP contribution is -2.16. The van der Waals surface area contributed by atoms with Gasteiger partial charge in [-0.1, -0.05) is 19.1 Å². The quantitative estimate of drug-likeness (QED) is 0.479. The Morgan fingerprint density at radius 1 is 1.16 bits per heavy atom. The molecule has 0 amide bonds. The van der Waals surface area contributed by atoms with E-state index in [0.717, 1.165) is 30.6 Å². The zero-order valence-electron chi connectivity index (χ0n) is 14.7. The average Bonchev–Trinajstić information content (AvgIpc) is 2.61. The zero-order valence-corrected chi connectivity index (χ0v) is 14.7. The molecule has 0 saturated carbocycles. The predicted molar refractivity (Wildman–Crippen MR) is 97.3 cm³/mol. The highest BCUT2D eigenvalue weighted by molar-refractivity contribution is 5.40. The van der Waals surface area contributed by atoms with Gasteiger partial charge < -0.3 is 4.74 Å². The average molecular weight is 342 g/mol. The Balaban J connectivity index is 1.79. The summed E-state index contributed by atoms with van der Waals surface area (Å²) in [5.74, 6) is -0.0704. The van der Waals surface area contributed by atoms with Crippen LogP contribution in [-0.2, 0) is 19.3 Å². The number of hydrogen-bond acceptors (Lipinski definition) is 1. The fraction of sp³-hybridized carbons (Fsp3) is 0.364. The molecule has 132 valence electrons. The van der Waals surface area contributed by atoms with Crippen molar-refractivity contribution in [3.8, 4) is 5.75 Å². The predicted octanol–water partition coefficient (Wildman–Crippen LogP) is 5.75. The third-order valence-corrected chi connectivity index (χ3v) is 4.95. The van der Waals surface area contributed by atoms with Crippen molar-refractivity contribution in [2.24, 2.45) is 0 Å². The van der Waals surface area contributed by atoms with Crippen molar-refractivity contribution in [1.29, 1.82) is 0 Å². The zero-order chi connectivity index (χ0) is 17.8. The molecule has 0 radical (unpaired) electrons. The van der Waals surface area contributed by atoms with Crippen LogP contribution in [0.2, 0.25) is 0 Å². The number of rotatable bonds is 6. The van der Waals surface area contributed by atoms with Crippen LogP contribution in [0.1, 0.15) is 47.9 Å². The molecule has 1 aliphatic carbocycles. The highest BCUT2D eigenvalue weighted by Crippen LogP contribution is 2.36. The number of benzene rings is 2. The van der Waals surface area contributed by atoms with Crippen molar-refractivity contribution < 1.29 is 13.5 Å². The third kappa shape index (κ3) is 3.92. The summed E-state index contributed by atoms with van der Waals surface area (Å²) in [5.41, 5.74) is 3.33. The summed E-state index contributed by atoms with van der Waals surface area (Å²) in [5, 5.41) is 0. The lowest BCUT2D eigenvalue weighted by atomic mass is 9.79. The van der Waals surface area contributed by atoms with Crippen molar-refractivity contribution in [3.63, 3.8) is 0 Å². The monoisotopic (exact) mass is 342 g/mol. The second-order valence-corrected chi connectivity index (χ2v) is 6.62. The molecule has 1 atom stereocenters. The molecule has 1 aliphatic rings. The van der Waals surface area contributed by atoms with E-state index in [1.165, 1.54) is 17.7 Å². The van der Waals surface area contributed by atoms with Crippen molar-refractivity contribution in [2.75, 3.05) is 6.61 Å². The van der Waals surface area contributed by atoms with E-state index < -0.39 is 11.6 Å². The van der Waals surface area contributed by atoms with Crippen LogP contribution in [0.5, 0.6) is 5.75 Å². The van der Waals surface area contributed by atoms with Crippen molar-refractivity contribution in [3.05, 3.63) is 76.9 Å². The van der Waals surface area contributed by atoms with E-state index in [0.29, 0.717) is 25.0 Å². The fourth-order valence-corrected chi connectivity index (χ4v) is 3.56. The molecule has 1 nitrogen and oxygen atoms in total. The first-order chi connectivity index (χ1) is 12.1. The van der Waals surface area contributed by atoms with Crippen LogP contribution < -0.4 is 4.74 Å². The summed E-state index contributed by atoms with van der Waals surface area (Å²) < 4.78 is 34.6. The summed E-state index contributed by atoms with van der Waals surface area (Å²) in [7, 11) is 0. The minimum atomic E-state index is -0.408. The Morgan fingerprint density at radius 2 is 1.92 bits per heavy atom. The minimum Gasteiger partial charge on any atom is -0.493 e. The van der Waals surface area contributed by atoms with Crippen LogP contribution in [-0.4, -0.2) is 6.61 Å². The summed E-state index contributed by atoms with van der Waals surface area (Å²) >= 11 is 0. The molecule has 2 aromatic carbocycles. The van der Waals surface area contributed by atoms with Crippen LogP contribution >= 0.6 is 0 Å². The Kier molecular flexibility index (Phi) is 5.52. The third-order valence-electron chi connectivity index (χ3n) is 4.95. The molecule has 0 bridgehead atoms. The molecular formula is C22H24F2O. The molecule has 1 unspecified atom stereocenters. The first-order valence-electron chi connectivity index (χ1n) is 8.95. The van der Waals surface area contributed by atoms with Crippen LogP contribution in [0.15, 0.2) is 43.0 Å². The van der Waals surface area contributed by atoms with Gasteiger partial charge in [-0.2, -0.15) is 0 Å². The lowest BCUT2D eigenvalue weighted by Gasteiger charge is -2.26. The molecule has 0 fully saturated rings. The molecule has 0 saturated heterocycles. The molecule has 0 heterocycles. The second kappa shape index (κ2) is 7.81. The maximum atomic E-state index is 14.4. The molecule has 3 heteroatoms. The van der Waals surface area contributed by atoms with Gasteiger partial charge in [0.1, 0.15) is 17.4 Å². The lowest BCUT2D eigenvalue weighted by molar-refractivity contribution is 0.324. The SMILES string of the molecule is C=CCCOc1ccc2c(c1)CCC(c1c(F)cc(CC)cc1F)C2. The number of halogens is 2. The number of fused-ring (bicyclic) bond motifs is 1. The number of aryl methyl sites for hydroxylation is 2. The van der Waals surface area contributed by atoms with Crippen molar-refractivity contribution >= 4 is 0 Å². The van der Waals surface area contributed by atoms with Gasteiger partial charge in [-0.05, 0) is 79.0 Å². The molecule has 2 aromatic rings. The van der Waals surface area contributed by atoms with E-state index in [1.807, 2.05) is 25.1 Å². The topological polar surface area (TPSA) is 9.23 Å². The molecular weight excluding hydrogens is 318 g/mol. The van der Waals surface area contributed by atoms with E-state index in [4.69, 9.17) is 4.74 Å². The van der Waals surface area contributed by atoms with Gasteiger partial charge in [-0.15, -0.1) is 6.58 Å². The largest absolute Gasteiger partial charge is 0.493 e.